The minimum atomic E-state index is -0.333. The van der Waals surface area contributed by atoms with Crippen LogP contribution in [0.1, 0.15) is 23.2 Å². The molecule has 4 nitrogen and oxygen atoms in total. The second kappa shape index (κ2) is 5.80. The first-order chi connectivity index (χ1) is 9.13. The zero-order chi connectivity index (χ0) is 13.8. The number of carbonyl (C=O) groups excluding carboxylic acids is 1. The first-order valence-corrected chi connectivity index (χ1v) is 6.25. The fourth-order valence-electron chi connectivity index (χ4n) is 1.65. The molecule has 0 radical (unpaired) electrons. The normalized spacial score (nSPS) is 10.3. The summed E-state index contributed by atoms with van der Waals surface area (Å²) in [7, 11) is 1.53. The molecule has 0 fully saturated rings. The van der Waals surface area contributed by atoms with E-state index in [2.05, 4.69) is 5.32 Å². The third kappa shape index (κ3) is 3.09. The van der Waals surface area contributed by atoms with Gasteiger partial charge in [0.05, 0.1) is 12.8 Å². The van der Waals surface area contributed by atoms with E-state index in [0.29, 0.717) is 16.5 Å². The standard InChI is InChI=1S/C14H14ClNO3/c1-3-10-5-7-13(19-10)14(17)16-11-8-9(15)4-6-12(11)18-2/h4-8H,3H2,1-2H3,(H,16,17). The summed E-state index contributed by atoms with van der Waals surface area (Å²) in [5, 5.41) is 3.23. The van der Waals surface area contributed by atoms with Crippen molar-refractivity contribution in [1.29, 1.82) is 0 Å². The Kier molecular flexibility index (Phi) is 4.12. The van der Waals surface area contributed by atoms with E-state index in [-0.39, 0.29) is 11.7 Å². The molecule has 0 saturated heterocycles. The topological polar surface area (TPSA) is 51.5 Å². The highest BCUT2D eigenvalue weighted by molar-refractivity contribution is 6.31. The van der Waals surface area contributed by atoms with Gasteiger partial charge < -0.3 is 14.5 Å². The summed E-state index contributed by atoms with van der Waals surface area (Å²) in [6.45, 7) is 1.96. The molecule has 1 aromatic carbocycles. The van der Waals surface area contributed by atoms with E-state index in [4.69, 9.17) is 20.8 Å². The number of methoxy groups -OCH3 is 1. The monoisotopic (exact) mass is 279 g/mol. The van der Waals surface area contributed by atoms with Crippen LogP contribution in [0.5, 0.6) is 5.75 Å². The molecule has 1 N–H and O–H groups in total. The summed E-state index contributed by atoms with van der Waals surface area (Å²) in [6, 6.07) is 8.44. The highest BCUT2D eigenvalue weighted by Crippen LogP contribution is 2.28. The maximum atomic E-state index is 12.0. The lowest BCUT2D eigenvalue weighted by molar-refractivity contribution is 0.0994. The maximum Gasteiger partial charge on any atom is 0.291 e. The number of amides is 1. The third-order valence-electron chi connectivity index (χ3n) is 2.64. The summed E-state index contributed by atoms with van der Waals surface area (Å²) >= 11 is 5.90. The summed E-state index contributed by atoms with van der Waals surface area (Å²) < 4.78 is 10.5. The lowest BCUT2D eigenvalue weighted by atomic mass is 10.3. The molecule has 100 valence electrons. The number of ether oxygens (including phenoxy) is 1. The molecule has 19 heavy (non-hydrogen) atoms. The summed E-state index contributed by atoms with van der Waals surface area (Å²) in [4.78, 5) is 12.0. The van der Waals surface area contributed by atoms with Gasteiger partial charge in [-0.1, -0.05) is 18.5 Å². The Hall–Kier alpha value is -1.94. The van der Waals surface area contributed by atoms with Crippen LogP contribution in [0.25, 0.3) is 0 Å². The molecule has 0 bridgehead atoms. The van der Waals surface area contributed by atoms with E-state index in [1.807, 2.05) is 6.92 Å². The molecule has 1 amide bonds. The number of hydrogen-bond acceptors (Lipinski definition) is 3. The van der Waals surface area contributed by atoms with E-state index in [0.717, 1.165) is 12.2 Å². The molecular formula is C14H14ClNO3. The molecule has 0 unspecified atom stereocenters. The van der Waals surface area contributed by atoms with Crippen molar-refractivity contribution in [1.82, 2.24) is 0 Å². The molecule has 0 atom stereocenters. The second-order valence-corrected chi connectivity index (χ2v) is 4.35. The smallest absolute Gasteiger partial charge is 0.291 e. The Morgan fingerprint density at radius 2 is 2.16 bits per heavy atom. The van der Waals surface area contributed by atoms with Gasteiger partial charge in [0.2, 0.25) is 0 Å². The number of rotatable bonds is 4. The Balaban J connectivity index is 2.20. The van der Waals surface area contributed by atoms with Gasteiger partial charge in [-0.2, -0.15) is 0 Å². The van der Waals surface area contributed by atoms with Crippen molar-refractivity contribution in [2.24, 2.45) is 0 Å². The first-order valence-electron chi connectivity index (χ1n) is 5.87. The number of anilines is 1. The van der Waals surface area contributed by atoms with Gasteiger partial charge in [-0.15, -0.1) is 0 Å². The minimum Gasteiger partial charge on any atom is -0.495 e. The molecular weight excluding hydrogens is 266 g/mol. The van der Waals surface area contributed by atoms with Crippen molar-refractivity contribution in [3.8, 4) is 5.75 Å². The van der Waals surface area contributed by atoms with Crippen molar-refractivity contribution < 1.29 is 13.9 Å². The lowest BCUT2D eigenvalue weighted by Gasteiger charge is -2.09. The average molecular weight is 280 g/mol. The van der Waals surface area contributed by atoms with Crippen LogP contribution in [0.2, 0.25) is 5.02 Å². The van der Waals surface area contributed by atoms with E-state index in [1.54, 1.807) is 30.3 Å². The molecule has 0 aliphatic rings. The molecule has 0 aliphatic heterocycles. The van der Waals surface area contributed by atoms with Crippen molar-refractivity contribution >= 4 is 23.2 Å². The summed E-state index contributed by atoms with van der Waals surface area (Å²) in [6.07, 6.45) is 0.744. The molecule has 0 spiro atoms. The van der Waals surface area contributed by atoms with Crippen LogP contribution >= 0.6 is 11.6 Å². The van der Waals surface area contributed by atoms with Gasteiger partial charge in [0.1, 0.15) is 11.5 Å². The van der Waals surface area contributed by atoms with Gasteiger partial charge in [-0.25, -0.2) is 0 Å². The molecule has 0 aliphatic carbocycles. The fraction of sp³-hybridized carbons (Fsp3) is 0.214. The number of benzene rings is 1. The highest BCUT2D eigenvalue weighted by atomic mass is 35.5. The molecule has 5 heteroatoms. The van der Waals surface area contributed by atoms with Crippen LogP contribution in [-0.2, 0) is 6.42 Å². The second-order valence-electron chi connectivity index (χ2n) is 3.92. The molecule has 2 rings (SSSR count). The van der Waals surface area contributed by atoms with Crippen LogP contribution in [0.3, 0.4) is 0 Å². The Labute approximate surface area is 116 Å². The highest BCUT2D eigenvalue weighted by Gasteiger charge is 2.13. The molecule has 1 heterocycles. The maximum absolute atomic E-state index is 12.0. The van der Waals surface area contributed by atoms with Crippen LogP contribution in [0.4, 0.5) is 5.69 Å². The summed E-state index contributed by atoms with van der Waals surface area (Å²) in [5.74, 6) is 1.24. The average Bonchev–Trinajstić information content (AvgIpc) is 2.88. The number of halogens is 1. The van der Waals surface area contributed by atoms with Crippen molar-refractivity contribution in [3.05, 3.63) is 46.9 Å². The first kappa shape index (κ1) is 13.5. The molecule has 1 aromatic heterocycles. The van der Waals surface area contributed by atoms with Gasteiger partial charge in [0.15, 0.2) is 5.76 Å². The van der Waals surface area contributed by atoms with Crippen LogP contribution in [0.15, 0.2) is 34.7 Å². The minimum absolute atomic E-state index is 0.263. The largest absolute Gasteiger partial charge is 0.495 e. The fourth-order valence-corrected chi connectivity index (χ4v) is 1.82. The predicted octanol–water partition coefficient (Wildman–Crippen LogP) is 3.76. The zero-order valence-corrected chi connectivity index (χ0v) is 11.5. The van der Waals surface area contributed by atoms with Crippen LogP contribution < -0.4 is 10.1 Å². The van der Waals surface area contributed by atoms with Gasteiger partial charge >= 0.3 is 0 Å². The van der Waals surface area contributed by atoms with Crippen LogP contribution in [0, 0.1) is 0 Å². The lowest BCUT2D eigenvalue weighted by Crippen LogP contribution is -2.11. The molecule has 2 aromatic rings. The van der Waals surface area contributed by atoms with Crippen molar-refractivity contribution in [2.75, 3.05) is 12.4 Å². The third-order valence-corrected chi connectivity index (χ3v) is 2.88. The number of nitrogens with one attached hydrogen (secondary N) is 1. The number of hydrogen-bond donors (Lipinski definition) is 1. The van der Waals surface area contributed by atoms with Crippen LogP contribution in [-0.4, -0.2) is 13.0 Å². The van der Waals surface area contributed by atoms with E-state index < -0.39 is 0 Å². The zero-order valence-electron chi connectivity index (χ0n) is 10.7. The Bertz CT molecular complexity index is 592. The Morgan fingerprint density at radius 1 is 1.37 bits per heavy atom. The van der Waals surface area contributed by atoms with E-state index >= 15 is 0 Å². The molecule has 0 saturated carbocycles. The van der Waals surface area contributed by atoms with Crippen molar-refractivity contribution in [2.45, 2.75) is 13.3 Å². The number of furan rings is 1. The number of carbonyl (C=O) groups is 1. The van der Waals surface area contributed by atoms with Gasteiger partial charge in [-0.05, 0) is 30.3 Å². The van der Waals surface area contributed by atoms with Gasteiger partial charge in [0.25, 0.3) is 5.91 Å². The summed E-state index contributed by atoms with van der Waals surface area (Å²) in [5.41, 5.74) is 0.509. The predicted molar refractivity (Wildman–Crippen MR) is 74.0 cm³/mol. The van der Waals surface area contributed by atoms with Crippen molar-refractivity contribution in [3.63, 3.8) is 0 Å². The SMILES string of the molecule is CCc1ccc(C(=O)Nc2cc(Cl)ccc2OC)o1. The Morgan fingerprint density at radius 3 is 2.79 bits per heavy atom. The number of aryl methyl sites for hydroxylation is 1. The van der Waals surface area contributed by atoms with Gasteiger partial charge in [-0.3, -0.25) is 4.79 Å². The van der Waals surface area contributed by atoms with Gasteiger partial charge in [0, 0.05) is 11.4 Å². The van der Waals surface area contributed by atoms with E-state index in [9.17, 15) is 4.79 Å². The van der Waals surface area contributed by atoms with E-state index in [1.165, 1.54) is 7.11 Å². The quantitative estimate of drug-likeness (QED) is 0.927.